The number of hydrogen-bond donors (Lipinski definition) is 1. The summed E-state index contributed by atoms with van der Waals surface area (Å²) in [5.41, 5.74) is 0. The number of aliphatic hydroxyl groups is 1. The lowest BCUT2D eigenvalue weighted by atomic mass is 9.94. The molecule has 0 unspecified atom stereocenters. The van der Waals surface area contributed by atoms with Gasteiger partial charge in [-0.2, -0.15) is 0 Å². The Balaban J connectivity index is 3.55. The van der Waals surface area contributed by atoms with Gasteiger partial charge >= 0.3 is 29.7 Å². The van der Waals surface area contributed by atoms with Gasteiger partial charge in [-0.05, 0) is 6.92 Å². The minimum absolute atomic E-state index is 0.0570. The fourth-order valence-corrected chi connectivity index (χ4v) is 2.90. The second-order valence-corrected chi connectivity index (χ2v) is 6.26. The number of carbonyl (C=O) groups excluding carboxylic acids is 4. The van der Waals surface area contributed by atoms with E-state index < -0.39 is 60.9 Å². The lowest BCUT2D eigenvalue weighted by Gasteiger charge is -2.50. The molecule has 1 N–H and O–H groups in total. The fraction of sp³-hybridized carbons (Fsp3) is 0.778. The van der Waals surface area contributed by atoms with Crippen molar-refractivity contribution in [2.24, 2.45) is 0 Å². The highest BCUT2D eigenvalue weighted by Gasteiger charge is 2.64. The predicted molar refractivity (Wildman–Crippen MR) is 95.6 cm³/mol. The van der Waals surface area contributed by atoms with Crippen LogP contribution in [-0.4, -0.2) is 85.8 Å². The molecule has 0 aliphatic carbocycles. The minimum Gasteiger partial charge on any atom is -0.463 e. The maximum Gasteiger partial charge on any atom is 0.306 e. The molecule has 0 aromatic rings. The van der Waals surface area contributed by atoms with E-state index in [4.69, 9.17) is 33.2 Å². The highest BCUT2D eigenvalue weighted by atomic mass is 16.8. The summed E-state index contributed by atoms with van der Waals surface area (Å²) in [4.78, 5) is 46.8. The van der Waals surface area contributed by atoms with Crippen LogP contribution in [0.4, 0.5) is 0 Å². The van der Waals surface area contributed by atoms with E-state index in [-0.39, 0.29) is 19.8 Å². The molecular weight excluding hydrogens is 408 g/mol. The molecule has 0 radical (unpaired) electrons. The van der Waals surface area contributed by atoms with Gasteiger partial charge in [-0.15, -0.1) is 0 Å². The molecule has 1 saturated heterocycles. The Morgan fingerprint density at radius 3 is 2.07 bits per heavy atom. The Kier molecular flexibility index (Phi) is 10.1. The smallest absolute Gasteiger partial charge is 0.306 e. The van der Waals surface area contributed by atoms with E-state index in [0.717, 1.165) is 20.8 Å². The van der Waals surface area contributed by atoms with E-state index in [0.29, 0.717) is 0 Å². The van der Waals surface area contributed by atoms with E-state index in [2.05, 4.69) is 0 Å². The maximum atomic E-state index is 11.9. The van der Waals surface area contributed by atoms with E-state index >= 15 is 0 Å². The molecule has 0 bridgehead atoms. The molecule has 0 spiro atoms. The molecule has 12 heteroatoms. The summed E-state index contributed by atoms with van der Waals surface area (Å²) in [5, 5.41) is 9.24. The molecule has 30 heavy (non-hydrogen) atoms. The molecule has 1 heterocycles. The average Bonchev–Trinajstić information content (AvgIpc) is 2.62. The van der Waals surface area contributed by atoms with Gasteiger partial charge < -0.3 is 38.3 Å². The topological polar surface area (TPSA) is 153 Å². The normalized spacial score (nSPS) is 28.3. The van der Waals surface area contributed by atoms with Crippen LogP contribution in [0.2, 0.25) is 0 Å². The summed E-state index contributed by atoms with van der Waals surface area (Å²) in [7, 11) is 0. The molecule has 5 atom stereocenters. The highest BCUT2D eigenvalue weighted by Crippen LogP contribution is 2.39. The van der Waals surface area contributed by atoms with Gasteiger partial charge in [0, 0.05) is 34.3 Å². The van der Waals surface area contributed by atoms with Gasteiger partial charge in [-0.3, -0.25) is 19.2 Å². The number of esters is 4. The number of rotatable bonds is 10. The molecule has 1 aliphatic rings. The van der Waals surface area contributed by atoms with Gasteiger partial charge in [0.15, 0.2) is 6.10 Å². The quantitative estimate of drug-likeness (QED) is 0.265. The molecular formula is C18H28O12. The van der Waals surface area contributed by atoms with E-state index in [1.54, 1.807) is 6.92 Å². The molecule has 0 saturated carbocycles. The van der Waals surface area contributed by atoms with E-state index in [9.17, 15) is 24.3 Å². The zero-order valence-electron chi connectivity index (χ0n) is 17.6. The monoisotopic (exact) mass is 436 g/mol. The number of aliphatic hydroxyl groups excluding tert-OH is 1. The van der Waals surface area contributed by atoms with Crippen molar-refractivity contribution < 1.29 is 57.4 Å². The van der Waals surface area contributed by atoms with Crippen LogP contribution in [0.1, 0.15) is 34.6 Å². The lowest BCUT2D eigenvalue weighted by molar-refractivity contribution is -0.415. The van der Waals surface area contributed by atoms with Crippen LogP contribution in [0.3, 0.4) is 0 Å². The summed E-state index contributed by atoms with van der Waals surface area (Å²) in [5.74, 6) is -5.29. The Hall–Kier alpha value is -2.28. The Bertz CT molecular complexity index is 620. The molecule has 12 nitrogen and oxygen atoms in total. The summed E-state index contributed by atoms with van der Waals surface area (Å²) >= 11 is 0. The van der Waals surface area contributed by atoms with Crippen LogP contribution < -0.4 is 0 Å². The first-order valence-corrected chi connectivity index (χ1v) is 9.26. The third kappa shape index (κ3) is 6.90. The Labute approximate surface area is 173 Å². The first-order chi connectivity index (χ1) is 14.1. The number of ether oxygens (including phenoxy) is 7. The van der Waals surface area contributed by atoms with Crippen LogP contribution in [0.25, 0.3) is 0 Å². The second-order valence-electron chi connectivity index (χ2n) is 6.26. The molecule has 1 rings (SSSR count). The zero-order valence-corrected chi connectivity index (χ0v) is 17.6. The van der Waals surface area contributed by atoms with Gasteiger partial charge in [0.25, 0.3) is 0 Å². The summed E-state index contributed by atoms with van der Waals surface area (Å²) in [6, 6.07) is 0. The molecule has 172 valence electrons. The van der Waals surface area contributed by atoms with Gasteiger partial charge in [-0.1, -0.05) is 0 Å². The third-order valence-corrected chi connectivity index (χ3v) is 3.77. The first-order valence-electron chi connectivity index (χ1n) is 9.26. The predicted octanol–water partition coefficient (Wildman–Crippen LogP) is -0.557. The van der Waals surface area contributed by atoms with Crippen LogP contribution >= 0.6 is 0 Å². The van der Waals surface area contributed by atoms with Crippen molar-refractivity contribution in [3.8, 4) is 0 Å². The standard InChI is InChI=1S/C18H28O12/c1-6-24-17-18(26-8-7-19,30-13(5)23)16(28-12(4)22)15(27-11(3)21)14(29-17)9-25-10(2)20/h14-17,19H,6-9H2,1-5H3/t14-,15+,16+,17+,18-/m1/s1. The van der Waals surface area contributed by atoms with Crippen molar-refractivity contribution in [1.82, 2.24) is 0 Å². The largest absolute Gasteiger partial charge is 0.463 e. The minimum atomic E-state index is -2.22. The van der Waals surface area contributed by atoms with Gasteiger partial charge in [0.2, 0.25) is 12.4 Å². The highest BCUT2D eigenvalue weighted by molar-refractivity contribution is 5.69. The van der Waals surface area contributed by atoms with Crippen molar-refractivity contribution in [1.29, 1.82) is 0 Å². The molecule has 0 aromatic carbocycles. The van der Waals surface area contributed by atoms with Crippen LogP contribution in [0.5, 0.6) is 0 Å². The third-order valence-electron chi connectivity index (χ3n) is 3.77. The van der Waals surface area contributed by atoms with E-state index in [1.165, 1.54) is 6.92 Å². The number of carbonyl (C=O) groups is 4. The van der Waals surface area contributed by atoms with Crippen molar-refractivity contribution in [3.05, 3.63) is 0 Å². The summed E-state index contributed by atoms with van der Waals surface area (Å²) in [6.45, 7) is 4.87. The zero-order chi connectivity index (χ0) is 22.9. The molecule has 0 aromatic heterocycles. The van der Waals surface area contributed by atoms with E-state index in [1.807, 2.05) is 0 Å². The van der Waals surface area contributed by atoms with Gasteiger partial charge in [0.05, 0.1) is 13.2 Å². The van der Waals surface area contributed by atoms with Gasteiger partial charge in [-0.25, -0.2) is 0 Å². The van der Waals surface area contributed by atoms with Gasteiger partial charge in [0.1, 0.15) is 12.7 Å². The molecule has 1 aliphatic heterocycles. The van der Waals surface area contributed by atoms with Crippen LogP contribution in [-0.2, 0) is 52.3 Å². The van der Waals surface area contributed by atoms with Crippen molar-refractivity contribution in [2.45, 2.75) is 65.0 Å². The number of hydrogen-bond acceptors (Lipinski definition) is 12. The van der Waals surface area contributed by atoms with Crippen molar-refractivity contribution in [2.75, 3.05) is 26.4 Å². The summed E-state index contributed by atoms with van der Waals surface area (Å²) < 4.78 is 37.8. The fourth-order valence-electron chi connectivity index (χ4n) is 2.90. The lowest BCUT2D eigenvalue weighted by Crippen LogP contribution is -2.71. The molecule has 1 fully saturated rings. The molecule has 0 amide bonds. The van der Waals surface area contributed by atoms with Crippen LogP contribution in [0, 0.1) is 0 Å². The van der Waals surface area contributed by atoms with Crippen molar-refractivity contribution >= 4 is 23.9 Å². The maximum absolute atomic E-state index is 11.9. The Morgan fingerprint density at radius 1 is 0.967 bits per heavy atom. The Morgan fingerprint density at radius 2 is 1.60 bits per heavy atom. The summed E-state index contributed by atoms with van der Waals surface area (Å²) in [6.07, 6.45) is -5.60. The SMILES string of the molecule is CCO[C@H]1O[C@H](COC(C)=O)[C@H](OC(C)=O)[C@H](OC(C)=O)[C@@]1(OCCO)OC(C)=O. The van der Waals surface area contributed by atoms with Crippen LogP contribution in [0.15, 0.2) is 0 Å². The second kappa shape index (κ2) is 11.8. The first kappa shape index (κ1) is 25.8. The average molecular weight is 436 g/mol. The van der Waals surface area contributed by atoms with Crippen molar-refractivity contribution in [3.63, 3.8) is 0 Å².